The van der Waals surface area contributed by atoms with Gasteiger partial charge >= 0.3 is 0 Å². The molecule has 0 aliphatic heterocycles. The number of aromatic nitrogens is 1. The lowest BCUT2D eigenvalue weighted by Gasteiger charge is -2.25. The summed E-state index contributed by atoms with van der Waals surface area (Å²) in [6.45, 7) is 0. The van der Waals surface area contributed by atoms with Crippen molar-refractivity contribution in [2.45, 2.75) is 0 Å². The van der Waals surface area contributed by atoms with Gasteiger partial charge in [-0.1, -0.05) is 109 Å². The van der Waals surface area contributed by atoms with Crippen molar-refractivity contribution < 1.29 is 0 Å². The maximum absolute atomic E-state index is 10.4. The molecule has 41 heavy (non-hydrogen) atoms. The zero-order chi connectivity index (χ0) is 28.0. The molecule has 4 heteroatoms. The first-order valence-electron chi connectivity index (χ1n) is 13.3. The summed E-state index contributed by atoms with van der Waals surface area (Å²) < 4.78 is 0. The van der Waals surface area contributed by atoms with E-state index in [9.17, 15) is 10.5 Å². The number of para-hydroxylation sites is 2. The second-order valence-corrected chi connectivity index (χ2v) is 9.44. The van der Waals surface area contributed by atoms with Crippen LogP contribution in [0.5, 0.6) is 0 Å². The van der Waals surface area contributed by atoms with Crippen molar-refractivity contribution in [2.75, 3.05) is 4.90 Å². The van der Waals surface area contributed by atoms with Crippen LogP contribution in [-0.4, -0.2) is 4.98 Å². The summed E-state index contributed by atoms with van der Waals surface area (Å²) >= 11 is 0. The van der Waals surface area contributed by atoms with E-state index in [-0.39, 0.29) is 0 Å². The van der Waals surface area contributed by atoms with Crippen LogP contribution in [0.4, 0.5) is 17.1 Å². The third-order valence-electron chi connectivity index (χ3n) is 6.96. The molecule has 0 amide bonds. The molecule has 0 saturated heterocycles. The molecule has 0 radical (unpaired) electrons. The third kappa shape index (κ3) is 4.94. The van der Waals surface area contributed by atoms with Gasteiger partial charge in [-0.25, -0.2) is 4.98 Å². The first-order chi connectivity index (χ1) is 20.3. The number of hydrogen-bond donors (Lipinski definition) is 0. The molecule has 6 rings (SSSR count). The monoisotopic (exact) mass is 524 g/mol. The van der Waals surface area contributed by atoms with Crippen LogP contribution in [-0.2, 0) is 0 Å². The molecule has 0 atom stereocenters. The number of nitriles is 2. The summed E-state index contributed by atoms with van der Waals surface area (Å²) in [6, 6.07) is 52.5. The van der Waals surface area contributed by atoms with Gasteiger partial charge in [0.1, 0.15) is 12.1 Å². The number of anilines is 3. The predicted molar refractivity (Wildman–Crippen MR) is 165 cm³/mol. The summed E-state index contributed by atoms with van der Waals surface area (Å²) in [4.78, 5) is 7.09. The Bertz CT molecular complexity index is 1750. The van der Waals surface area contributed by atoms with Gasteiger partial charge < -0.3 is 4.90 Å². The molecule has 0 saturated carbocycles. The smallest absolute Gasteiger partial charge is 0.102 e. The number of nitrogens with zero attached hydrogens (tertiary/aromatic N) is 4. The van der Waals surface area contributed by atoms with Crippen molar-refractivity contribution in [1.29, 1.82) is 10.5 Å². The molecule has 0 spiro atoms. The van der Waals surface area contributed by atoms with Crippen molar-refractivity contribution in [1.82, 2.24) is 4.98 Å². The molecule has 0 aliphatic rings. The Labute approximate surface area is 239 Å². The minimum Gasteiger partial charge on any atom is -0.311 e. The van der Waals surface area contributed by atoms with E-state index < -0.39 is 0 Å². The Morgan fingerprint density at radius 3 is 1.17 bits per heavy atom. The van der Waals surface area contributed by atoms with Crippen LogP contribution >= 0.6 is 0 Å². The summed E-state index contributed by atoms with van der Waals surface area (Å²) in [5.74, 6) is 0. The van der Waals surface area contributed by atoms with E-state index in [1.165, 1.54) is 0 Å². The first kappa shape index (κ1) is 25.3. The van der Waals surface area contributed by atoms with Gasteiger partial charge in [0.2, 0.25) is 0 Å². The molecule has 0 aliphatic carbocycles. The average molecular weight is 525 g/mol. The maximum atomic E-state index is 10.4. The van der Waals surface area contributed by atoms with E-state index in [1.54, 1.807) is 0 Å². The maximum Gasteiger partial charge on any atom is 0.102 e. The number of pyridine rings is 1. The quantitative estimate of drug-likeness (QED) is 0.218. The zero-order valence-electron chi connectivity index (χ0n) is 22.1. The van der Waals surface area contributed by atoms with Crippen LogP contribution in [0.2, 0.25) is 0 Å². The van der Waals surface area contributed by atoms with Gasteiger partial charge in [-0.05, 0) is 42.0 Å². The Morgan fingerprint density at radius 2 is 0.780 bits per heavy atom. The summed E-state index contributed by atoms with van der Waals surface area (Å²) in [5.41, 5.74) is 7.90. The van der Waals surface area contributed by atoms with Crippen LogP contribution < -0.4 is 4.90 Å². The molecule has 1 heterocycles. The van der Waals surface area contributed by atoms with Crippen LogP contribution in [0.3, 0.4) is 0 Å². The van der Waals surface area contributed by atoms with Gasteiger partial charge in [0.15, 0.2) is 0 Å². The lowest BCUT2D eigenvalue weighted by Crippen LogP contribution is -2.09. The van der Waals surface area contributed by atoms with E-state index in [2.05, 4.69) is 41.3 Å². The van der Waals surface area contributed by atoms with Gasteiger partial charge in [-0.2, -0.15) is 10.5 Å². The Morgan fingerprint density at radius 1 is 0.415 bits per heavy atom. The molecule has 0 bridgehead atoms. The van der Waals surface area contributed by atoms with Gasteiger partial charge in [-0.15, -0.1) is 0 Å². The highest BCUT2D eigenvalue weighted by Gasteiger charge is 2.23. The average Bonchev–Trinajstić information content (AvgIpc) is 3.06. The highest BCUT2D eigenvalue weighted by Crippen LogP contribution is 2.40. The lowest BCUT2D eigenvalue weighted by molar-refractivity contribution is 1.27. The van der Waals surface area contributed by atoms with Crippen molar-refractivity contribution in [2.24, 2.45) is 0 Å². The van der Waals surface area contributed by atoms with Crippen LogP contribution in [0.25, 0.3) is 33.6 Å². The van der Waals surface area contributed by atoms with E-state index in [0.717, 1.165) is 33.8 Å². The lowest BCUT2D eigenvalue weighted by atomic mass is 9.89. The predicted octanol–water partition coefficient (Wildman–Crippen LogP) is 9.30. The Balaban J connectivity index is 1.56. The van der Waals surface area contributed by atoms with Gasteiger partial charge in [0.05, 0.1) is 22.5 Å². The van der Waals surface area contributed by atoms with E-state index in [0.29, 0.717) is 28.1 Å². The molecule has 0 N–H and O–H groups in total. The van der Waals surface area contributed by atoms with E-state index in [1.807, 2.05) is 121 Å². The molecular weight excluding hydrogens is 500 g/mol. The molecule has 6 aromatic rings. The molecule has 5 aromatic carbocycles. The van der Waals surface area contributed by atoms with Crippen LogP contribution in [0, 0.1) is 22.7 Å². The van der Waals surface area contributed by atoms with Gasteiger partial charge in [-0.3, -0.25) is 0 Å². The second kappa shape index (κ2) is 11.4. The van der Waals surface area contributed by atoms with Crippen molar-refractivity contribution in [3.05, 3.63) is 157 Å². The summed E-state index contributed by atoms with van der Waals surface area (Å²) in [6.07, 6.45) is 0. The fourth-order valence-corrected chi connectivity index (χ4v) is 5.08. The van der Waals surface area contributed by atoms with Crippen LogP contribution in [0.1, 0.15) is 11.1 Å². The number of hydrogen-bond acceptors (Lipinski definition) is 4. The third-order valence-corrected chi connectivity index (χ3v) is 6.96. The zero-order valence-corrected chi connectivity index (χ0v) is 22.1. The molecule has 0 fully saturated rings. The summed E-state index contributed by atoms with van der Waals surface area (Å²) in [5, 5.41) is 20.9. The molecule has 1 aromatic heterocycles. The van der Waals surface area contributed by atoms with Crippen LogP contribution in [0.15, 0.2) is 146 Å². The normalized spacial score (nSPS) is 10.4. The van der Waals surface area contributed by atoms with E-state index in [4.69, 9.17) is 4.98 Å². The minimum absolute atomic E-state index is 0.378. The van der Waals surface area contributed by atoms with Gasteiger partial charge in [0, 0.05) is 33.8 Å². The summed E-state index contributed by atoms with van der Waals surface area (Å²) in [7, 11) is 0. The van der Waals surface area contributed by atoms with Gasteiger partial charge in [0.25, 0.3) is 0 Å². The highest BCUT2D eigenvalue weighted by molar-refractivity contribution is 5.90. The molecule has 4 nitrogen and oxygen atoms in total. The van der Waals surface area contributed by atoms with E-state index >= 15 is 0 Å². The first-order valence-corrected chi connectivity index (χ1v) is 13.3. The Kier molecular flexibility index (Phi) is 7.05. The Hall–Kier alpha value is -5.97. The molecule has 0 unspecified atom stereocenters. The molecular formula is C37H24N4. The van der Waals surface area contributed by atoms with Crippen molar-refractivity contribution >= 4 is 17.1 Å². The second-order valence-electron chi connectivity index (χ2n) is 9.44. The molecule has 192 valence electrons. The fraction of sp³-hybridized carbons (Fsp3) is 0. The highest BCUT2D eigenvalue weighted by atomic mass is 15.1. The SMILES string of the molecule is N#Cc1c(-c2ccccc2)nc(-c2ccccc2)c(C#N)c1-c1ccc(N(c2ccccc2)c2ccccc2)cc1. The number of benzene rings is 5. The van der Waals surface area contributed by atoms with Crippen molar-refractivity contribution in [3.63, 3.8) is 0 Å². The number of rotatable bonds is 6. The topological polar surface area (TPSA) is 63.7 Å². The van der Waals surface area contributed by atoms with Crippen molar-refractivity contribution in [3.8, 4) is 45.8 Å². The standard InChI is InChI=1S/C37H24N4/c38-25-33-35(34(26-39)37(29-15-7-2-8-16-29)40-36(33)28-13-5-1-6-14-28)27-21-23-32(24-22-27)41(30-17-9-3-10-18-30)31-19-11-4-12-20-31/h1-24H. The minimum atomic E-state index is 0.378. The largest absolute Gasteiger partial charge is 0.311 e. The fourth-order valence-electron chi connectivity index (χ4n) is 5.08.